The lowest BCUT2D eigenvalue weighted by Gasteiger charge is -2.09. The standard InChI is InChI=1S/C17H22N2O/c1-4-10-18-12-15-6-5-7-17(19-15)20-16-9-8-13(2)14(3)11-16/h5-9,11,18H,4,10,12H2,1-3H3. The van der Waals surface area contributed by atoms with Gasteiger partial charge in [-0.2, -0.15) is 0 Å². The molecule has 3 heteroatoms. The summed E-state index contributed by atoms with van der Waals surface area (Å²) in [5, 5.41) is 3.34. The number of aryl methyl sites for hydroxylation is 2. The summed E-state index contributed by atoms with van der Waals surface area (Å²) in [5.74, 6) is 1.48. The molecule has 0 radical (unpaired) electrons. The zero-order chi connectivity index (χ0) is 14.4. The lowest BCUT2D eigenvalue weighted by atomic mass is 10.1. The van der Waals surface area contributed by atoms with Crippen LogP contribution in [-0.4, -0.2) is 11.5 Å². The quantitative estimate of drug-likeness (QED) is 0.806. The average Bonchev–Trinajstić information content (AvgIpc) is 2.44. The number of benzene rings is 1. The lowest BCUT2D eigenvalue weighted by Crippen LogP contribution is -2.14. The Bertz CT molecular complexity index is 567. The summed E-state index contributed by atoms with van der Waals surface area (Å²) in [6, 6.07) is 12.0. The third-order valence-corrected chi connectivity index (χ3v) is 3.21. The lowest BCUT2D eigenvalue weighted by molar-refractivity contribution is 0.459. The highest BCUT2D eigenvalue weighted by atomic mass is 16.5. The summed E-state index contributed by atoms with van der Waals surface area (Å²) in [6.07, 6.45) is 1.12. The first-order chi connectivity index (χ1) is 9.69. The van der Waals surface area contributed by atoms with Crippen LogP contribution in [0.1, 0.15) is 30.2 Å². The van der Waals surface area contributed by atoms with Crippen LogP contribution >= 0.6 is 0 Å². The predicted molar refractivity (Wildman–Crippen MR) is 82.2 cm³/mol. The Kier molecular flexibility index (Phi) is 5.13. The van der Waals surface area contributed by atoms with Gasteiger partial charge in [0.1, 0.15) is 5.75 Å². The minimum Gasteiger partial charge on any atom is -0.439 e. The minimum absolute atomic E-state index is 0.643. The molecule has 0 atom stereocenters. The second kappa shape index (κ2) is 7.06. The maximum Gasteiger partial charge on any atom is 0.219 e. The molecule has 0 unspecified atom stereocenters. The van der Waals surface area contributed by atoms with Crippen molar-refractivity contribution in [3.8, 4) is 11.6 Å². The van der Waals surface area contributed by atoms with Gasteiger partial charge in [0.2, 0.25) is 5.88 Å². The first kappa shape index (κ1) is 14.5. The van der Waals surface area contributed by atoms with Gasteiger partial charge in [0.05, 0.1) is 5.69 Å². The van der Waals surface area contributed by atoms with E-state index in [2.05, 4.69) is 37.1 Å². The molecule has 1 heterocycles. The molecule has 0 spiro atoms. The fraction of sp³-hybridized carbons (Fsp3) is 0.353. The van der Waals surface area contributed by atoms with Gasteiger partial charge in [-0.3, -0.25) is 0 Å². The number of ether oxygens (including phenoxy) is 1. The summed E-state index contributed by atoms with van der Waals surface area (Å²) >= 11 is 0. The summed E-state index contributed by atoms with van der Waals surface area (Å²) in [6.45, 7) is 8.11. The molecule has 2 rings (SSSR count). The molecule has 20 heavy (non-hydrogen) atoms. The van der Waals surface area contributed by atoms with Gasteiger partial charge >= 0.3 is 0 Å². The van der Waals surface area contributed by atoms with Gasteiger partial charge < -0.3 is 10.1 Å². The van der Waals surface area contributed by atoms with Gasteiger partial charge in [0.25, 0.3) is 0 Å². The number of rotatable bonds is 6. The van der Waals surface area contributed by atoms with Crippen LogP contribution in [-0.2, 0) is 6.54 Å². The van der Waals surface area contributed by atoms with Crippen molar-refractivity contribution >= 4 is 0 Å². The Labute approximate surface area is 121 Å². The molecule has 0 fully saturated rings. The number of nitrogens with zero attached hydrogens (tertiary/aromatic N) is 1. The van der Waals surface area contributed by atoms with Gasteiger partial charge in [0.15, 0.2) is 0 Å². The van der Waals surface area contributed by atoms with E-state index in [-0.39, 0.29) is 0 Å². The van der Waals surface area contributed by atoms with Crippen molar-refractivity contribution < 1.29 is 4.74 Å². The summed E-state index contributed by atoms with van der Waals surface area (Å²) in [4.78, 5) is 4.51. The van der Waals surface area contributed by atoms with Gasteiger partial charge in [-0.15, -0.1) is 0 Å². The average molecular weight is 270 g/mol. The number of pyridine rings is 1. The van der Waals surface area contributed by atoms with Gasteiger partial charge in [-0.1, -0.05) is 19.1 Å². The van der Waals surface area contributed by atoms with Crippen LogP contribution in [0.4, 0.5) is 0 Å². The molecular formula is C17H22N2O. The second-order valence-electron chi connectivity index (χ2n) is 4.99. The van der Waals surface area contributed by atoms with Gasteiger partial charge in [-0.05, 0) is 56.1 Å². The number of hydrogen-bond donors (Lipinski definition) is 1. The smallest absolute Gasteiger partial charge is 0.219 e. The predicted octanol–water partition coefficient (Wildman–Crippen LogP) is 3.99. The molecule has 3 nitrogen and oxygen atoms in total. The molecule has 1 aromatic carbocycles. The third kappa shape index (κ3) is 4.07. The van der Waals surface area contributed by atoms with E-state index in [0.29, 0.717) is 5.88 Å². The highest BCUT2D eigenvalue weighted by molar-refractivity contribution is 5.36. The number of aromatic nitrogens is 1. The summed E-state index contributed by atoms with van der Waals surface area (Å²) in [7, 11) is 0. The van der Waals surface area contributed by atoms with E-state index < -0.39 is 0 Å². The first-order valence-electron chi connectivity index (χ1n) is 7.11. The SMILES string of the molecule is CCCNCc1cccc(Oc2ccc(C)c(C)c2)n1. The van der Waals surface area contributed by atoms with Crippen molar-refractivity contribution in [2.75, 3.05) is 6.54 Å². The molecular weight excluding hydrogens is 248 g/mol. The van der Waals surface area contributed by atoms with Crippen molar-refractivity contribution in [3.05, 3.63) is 53.2 Å². The molecule has 0 saturated carbocycles. The van der Waals surface area contributed by atoms with Gasteiger partial charge in [-0.25, -0.2) is 4.98 Å². The largest absolute Gasteiger partial charge is 0.439 e. The summed E-state index contributed by atoms with van der Waals surface area (Å²) in [5.41, 5.74) is 3.49. The van der Waals surface area contributed by atoms with Crippen LogP contribution in [0, 0.1) is 13.8 Å². The fourth-order valence-electron chi connectivity index (χ4n) is 1.90. The van der Waals surface area contributed by atoms with E-state index in [0.717, 1.165) is 31.0 Å². The number of hydrogen-bond acceptors (Lipinski definition) is 3. The van der Waals surface area contributed by atoms with Crippen LogP contribution in [0.2, 0.25) is 0 Å². The molecule has 0 amide bonds. The van der Waals surface area contributed by atoms with Crippen LogP contribution in [0.25, 0.3) is 0 Å². The van der Waals surface area contributed by atoms with Crippen molar-refractivity contribution in [2.45, 2.75) is 33.7 Å². The highest BCUT2D eigenvalue weighted by Gasteiger charge is 2.02. The zero-order valence-corrected chi connectivity index (χ0v) is 12.4. The molecule has 1 N–H and O–H groups in total. The first-order valence-corrected chi connectivity index (χ1v) is 7.11. The fourth-order valence-corrected chi connectivity index (χ4v) is 1.90. The highest BCUT2D eigenvalue weighted by Crippen LogP contribution is 2.22. The third-order valence-electron chi connectivity index (χ3n) is 3.21. The molecule has 0 saturated heterocycles. The maximum atomic E-state index is 5.82. The molecule has 0 aliphatic heterocycles. The van der Waals surface area contributed by atoms with E-state index >= 15 is 0 Å². The normalized spacial score (nSPS) is 10.6. The molecule has 0 aliphatic carbocycles. The number of nitrogens with one attached hydrogen (secondary N) is 1. The molecule has 0 bridgehead atoms. The van der Waals surface area contributed by atoms with Crippen molar-refractivity contribution in [2.24, 2.45) is 0 Å². The van der Waals surface area contributed by atoms with Crippen molar-refractivity contribution in [1.29, 1.82) is 0 Å². The molecule has 1 aromatic heterocycles. The minimum atomic E-state index is 0.643. The van der Waals surface area contributed by atoms with Crippen LogP contribution in [0.15, 0.2) is 36.4 Å². The van der Waals surface area contributed by atoms with E-state index in [9.17, 15) is 0 Å². The van der Waals surface area contributed by atoms with E-state index in [1.54, 1.807) is 0 Å². The van der Waals surface area contributed by atoms with Crippen molar-refractivity contribution in [3.63, 3.8) is 0 Å². The Morgan fingerprint density at radius 1 is 1.10 bits per heavy atom. The van der Waals surface area contributed by atoms with E-state index in [1.807, 2.05) is 30.3 Å². The van der Waals surface area contributed by atoms with Gasteiger partial charge in [0, 0.05) is 12.6 Å². The Hall–Kier alpha value is -1.87. The Morgan fingerprint density at radius 2 is 1.95 bits per heavy atom. The maximum absolute atomic E-state index is 5.82. The summed E-state index contributed by atoms with van der Waals surface area (Å²) < 4.78 is 5.82. The Balaban J connectivity index is 2.05. The Morgan fingerprint density at radius 3 is 2.70 bits per heavy atom. The van der Waals surface area contributed by atoms with E-state index in [1.165, 1.54) is 11.1 Å². The monoisotopic (exact) mass is 270 g/mol. The molecule has 0 aliphatic rings. The van der Waals surface area contributed by atoms with Crippen molar-refractivity contribution in [1.82, 2.24) is 10.3 Å². The molecule has 2 aromatic rings. The van der Waals surface area contributed by atoms with Crippen LogP contribution in [0.3, 0.4) is 0 Å². The van der Waals surface area contributed by atoms with Crippen LogP contribution < -0.4 is 10.1 Å². The zero-order valence-electron chi connectivity index (χ0n) is 12.4. The topological polar surface area (TPSA) is 34.1 Å². The molecule has 106 valence electrons. The van der Waals surface area contributed by atoms with E-state index in [4.69, 9.17) is 4.74 Å². The second-order valence-corrected chi connectivity index (χ2v) is 4.99. The van der Waals surface area contributed by atoms with Crippen LogP contribution in [0.5, 0.6) is 11.6 Å².